The number of anilines is 6. The van der Waals surface area contributed by atoms with Crippen LogP contribution in [0.1, 0.15) is 93.3 Å². The van der Waals surface area contributed by atoms with E-state index in [1.54, 1.807) is 22.3 Å². The Hall–Kier alpha value is -5.80. The number of aryl methyl sites for hydroxylation is 3. The van der Waals surface area contributed by atoms with Crippen LogP contribution in [-0.2, 0) is 36.5 Å². The summed E-state index contributed by atoms with van der Waals surface area (Å²) in [6, 6.07) is 51.6. The average Bonchev–Trinajstić information content (AvgIpc) is 3.92. The molecule has 0 atom stereocenters. The molecule has 2 aliphatic heterocycles. The molecule has 0 fully saturated rings. The summed E-state index contributed by atoms with van der Waals surface area (Å²) >= 11 is 0. The van der Waals surface area contributed by atoms with Gasteiger partial charge in [0.05, 0.1) is 5.69 Å². The monoisotopic (exact) mass is 778 g/mol. The third-order valence-electron chi connectivity index (χ3n) is 14.0. The van der Waals surface area contributed by atoms with Gasteiger partial charge in [0.1, 0.15) is 0 Å². The van der Waals surface area contributed by atoms with Crippen molar-refractivity contribution in [2.45, 2.75) is 97.8 Å². The fraction of sp³-hybridized carbons (Fsp3) is 0.263. The van der Waals surface area contributed by atoms with Crippen molar-refractivity contribution in [3.05, 3.63) is 172 Å². The molecule has 7 aromatic carbocycles. The zero-order chi connectivity index (χ0) is 41.1. The van der Waals surface area contributed by atoms with Gasteiger partial charge in [-0.25, -0.2) is 0 Å². The predicted octanol–water partition coefficient (Wildman–Crippen LogP) is 13.0. The minimum absolute atomic E-state index is 0.0163. The topological polar surface area (TPSA) is 6.48 Å². The standard InChI is InChI=1S/C57H55BN2/c1-36-28-52-54-53(29-36)60(55-46-22-14-20-39(46)30-40-21-15-23-47(40)55)51-35-44(57(5,6)7)25-27-49(51)58(54)48-26-24-43(56(2,3)4)34-50(48)59(52)45-32-41(37-16-10-8-11-17-37)31-42(33-45)38-18-12-9-13-19-38/h8-13,16-19,24-35H,14-15,20-23H2,1-7H3. The Morgan fingerprint density at radius 2 is 0.933 bits per heavy atom. The molecular weight excluding hydrogens is 723 g/mol. The summed E-state index contributed by atoms with van der Waals surface area (Å²) in [5.74, 6) is 0. The summed E-state index contributed by atoms with van der Waals surface area (Å²) in [5.41, 5.74) is 27.4. The molecule has 3 heteroatoms. The van der Waals surface area contributed by atoms with Gasteiger partial charge in [-0.1, -0.05) is 133 Å². The summed E-state index contributed by atoms with van der Waals surface area (Å²) in [4.78, 5) is 5.42. The van der Waals surface area contributed by atoms with Crippen LogP contribution in [0.2, 0.25) is 0 Å². The molecule has 0 aromatic heterocycles. The van der Waals surface area contributed by atoms with Crippen molar-refractivity contribution < 1.29 is 0 Å². The van der Waals surface area contributed by atoms with E-state index in [-0.39, 0.29) is 17.5 Å². The highest BCUT2D eigenvalue weighted by atomic mass is 15.2. The van der Waals surface area contributed by atoms with Crippen LogP contribution >= 0.6 is 0 Å². The summed E-state index contributed by atoms with van der Waals surface area (Å²) in [7, 11) is 0. The number of rotatable bonds is 4. The van der Waals surface area contributed by atoms with Crippen molar-refractivity contribution in [2.24, 2.45) is 0 Å². The van der Waals surface area contributed by atoms with E-state index in [2.05, 4.69) is 192 Å². The lowest BCUT2D eigenvalue weighted by atomic mass is 9.33. The van der Waals surface area contributed by atoms with Crippen LogP contribution in [0.4, 0.5) is 34.1 Å². The van der Waals surface area contributed by atoms with E-state index in [1.165, 1.54) is 115 Å². The molecule has 7 aromatic rings. The average molecular weight is 779 g/mol. The second-order valence-corrected chi connectivity index (χ2v) is 20.1. The molecule has 296 valence electrons. The molecule has 11 rings (SSSR count). The van der Waals surface area contributed by atoms with Crippen molar-refractivity contribution >= 4 is 57.2 Å². The molecule has 0 bridgehead atoms. The Morgan fingerprint density at radius 3 is 1.43 bits per heavy atom. The molecule has 0 radical (unpaired) electrons. The molecule has 2 nitrogen and oxygen atoms in total. The predicted molar refractivity (Wildman–Crippen MR) is 258 cm³/mol. The van der Waals surface area contributed by atoms with Crippen LogP contribution in [-0.4, -0.2) is 6.71 Å². The van der Waals surface area contributed by atoms with Gasteiger partial charge in [-0.15, -0.1) is 0 Å². The molecule has 60 heavy (non-hydrogen) atoms. The number of benzene rings is 7. The number of nitrogens with zero attached hydrogens (tertiary/aromatic N) is 2. The Labute approximate surface area is 358 Å². The van der Waals surface area contributed by atoms with Crippen molar-refractivity contribution in [2.75, 3.05) is 9.80 Å². The molecular formula is C57H55BN2. The van der Waals surface area contributed by atoms with Crippen molar-refractivity contribution in [1.29, 1.82) is 0 Å². The third kappa shape index (κ3) is 5.91. The summed E-state index contributed by atoms with van der Waals surface area (Å²) < 4.78 is 0. The SMILES string of the molecule is Cc1cc2c3c(c1)N(c1c4c(cc5c1CCC5)CCC4)c1cc(C(C)(C)C)ccc1B3c1ccc(C(C)(C)C)cc1N2c1cc(-c2ccccc2)cc(-c2ccccc2)c1. The zero-order valence-electron chi connectivity index (χ0n) is 36.4. The molecule has 0 amide bonds. The molecule has 0 spiro atoms. The summed E-state index contributed by atoms with van der Waals surface area (Å²) in [6.45, 7) is 16.5. The first-order chi connectivity index (χ1) is 28.9. The van der Waals surface area contributed by atoms with Crippen molar-refractivity contribution in [1.82, 2.24) is 0 Å². The summed E-state index contributed by atoms with van der Waals surface area (Å²) in [6.07, 6.45) is 7.15. The number of hydrogen-bond donors (Lipinski definition) is 0. The molecule has 2 aliphatic carbocycles. The largest absolute Gasteiger partial charge is 0.311 e. The van der Waals surface area contributed by atoms with Gasteiger partial charge in [0, 0.05) is 28.4 Å². The van der Waals surface area contributed by atoms with Crippen LogP contribution < -0.4 is 26.2 Å². The Bertz CT molecular complexity index is 2770. The lowest BCUT2D eigenvalue weighted by molar-refractivity contribution is 0.590. The van der Waals surface area contributed by atoms with E-state index in [0.717, 1.165) is 12.8 Å². The summed E-state index contributed by atoms with van der Waals surface area (Å²) in [5, 5.41) is 0. The maximum Gasteiger partial charge on any atom is 0.252 e. The van der Waals surface area contributed by atoms with Gasteiger partial charge < -0.3 is 9.80 Å². The minimum Gasteiger partial charge on any atom is -0.311 e. The van der Waals surface area contributed by atoms with Crippen LogP contribution in [0.15, 0.2) is 133 Å². The van der Waals surface area contributed by atoms with Gasteiger partial charge in [-0.3, -0.25) is 0 Å². The molecule has 0 saturated carbocycles. The molecule has 0 saturated heterocycles. The second kappa shape index (κ2) is 13.6. The van der Waals surface area contributed by atoms with Crippen LogP contribution in [0.3, 0.4) is 0 Å². The van der Waals surface area contributed by atoms with E-state index in [1.807, 2.05) is 0 Å². The lowest BCUT2D eigenvalue weighted by Crippen LogP contribution is -2.61. The highest BCUT2D eigenvalue weighted by molar-refractivity contribution is 7.00. The minimum atomic E-state index is -0.0171. The van der Waals surface area contributed by atoms with E-state index in [9.17, 15) is 0 Å². The van der Waals surface area contributed by atoms with Crippen molar-refractivity contribution in [3.8, 4) is 22.3 Å². The maximum atomic E-state index is 2.78. The first-order valence-corrected chi connectivity index (χ1v) is 22.4. The van der Waals surface area contributed by atoms with E-state index < -0.39 is 0 Å². The van der Waals surface area contributed by atoms with Crippen LogP contribution in [0.25, 0.3) is 22.3 Å². The van der Waals surface area contributed by atoms with Crippen LogP contribution in [0.5, 0.6) is 0 Å². The van der Waals surface area contributed by atoms with E-state index in [0.29, 0.717) is 0 Å². The van der Waals surface area contributed by atoms with Gasteiger partial charge in [-0.05, 0) is 176 Å². The van der Waals surface area contributed by atoms with Gasteiger partial charge in [0.15, 0.2) is 0 Å². The Balaban J connectivity index is 1.25. The quantitative estimate of drug-likeness (QED) is 0.164. The fourth-order valence-corrected chi connectivity index (χ4v) is 11.0. The molecule has 0 unspecified atom stereocenters. The maximum absolute atomic E-state index is 2.78. The highest BCUT2D eigenvalue weighted by Gasteiger charge is 2.45. The smallest absolute Gasteiger partial charge is 0.252 e. The van der Waals surface area contributed by atoms with Gasteiger partial charge in [-0.2, -0.15) is 0 Å². The zero-order valence-corrected chi connectivity index (χ0v) is 36.4. The van der Waals surface area contributed by atoms with Crippen molar-refractivity contribution in [3.63, 3.8) is 0 Å². The second-order valence-electron chi connectivity index (χ2n) is 20.1. The third-order valence-corrected chi connectivity index (χ3v) is 14.0. The Kier molecular flexibility index (Phi) is 8.45. The normalized spacial score (nSPS) is 15.1. The first-order valence-electron chi connectivity index (χ1n) is 22.4. The Morgan fingerprint density at radius 1 is 0.450 bits per heavy atom. The fourth-order valence-electron chi connectivity index (χ4n) is 11.0. The van der Waals surface area contributed by atoms with E-state index in [4.69, 9.17) is 0 Å². The molecule has 2 heterocycles. The first kappa shape index (κ1) is 37.2. The molecule has 0 N–H and O–H groups in total. The van der Waals surface area contributed by atoms with E-state index >= 15 is 0 Å². The highest BCUT2D eigenvalue weighted by Crippen LogP contribution is 2.51. The number of fused-ring (bicyclic) bond motifs is 6. The van der Waals surface area contributed by atoms with Crippen LogP contribution in [0, 0.1) is 6.92 Å². The number of hydrogen-bond acceptors (Lipinski definition) is 2. The lowest BCUT2D eigenvalue weighted by Gasteiger charge is -2.46. The molecule has 4 aliphatic rings. The van der Waals surface area contributed by atoms with Gasteiger partial charge in [0.2, 0.25) is 0 Å². The van der Waals surface area contributed by atoms with Gasteiger partial charge >= 0.3 is 0 Å². The van der Waals surface area contributed by atoms with Gasteiger partial charge in [0.25, 0.3) is 6.71 Å².